The summed E-state index contributed by atoms with van der Waals surface area (Å²) in [7, 11) is 2.20. The van der Waals surface area contributed by atoms with Gasteiger partial charge >= 0.3 is 0 Å². The van der Waals surface area contributed by atoms with Crippen LogP contribution in [0, 0.1) is 5.92 Å². The summed E-state index contributed by atoms with van der Waals surface area (Å²) in [6.45, 7) is 6.81. The van der Waals surface area contributed by atoms with Crippen LogP contribution in [0.2, 0.25) is 0 Å². The highest BCUT2D eigenvalue weighted by Crippen LogP contribution is 2.28. The minimum atomic E-state index is 0.324. The van der Waals surface area contributed by atoms with Crippen molar-refractivity contribution in [1.82, 2.24) is 4.90 Å². The first-order valence-corrected chi connectivity index (χ1v) is 8.44. The van der Waals surface area contributed by atoms with Crippen molar-refractivity contribution in [1.29, 1.82) is 0 Å². The van der Waals surface area contributed by atoms with Gasteiger partial charge in [-0.1, -0.05) is 12.1 Å². The van der Waals surface area contributed by atoms with Gasteiger partial charge in [-0.05, 0) is 62.3 Å². The van der Waals surface area contributed by atoms with Gasteiger partial charge in [-0.25, -0.2) is 0 Å². The molecular formula is C18H29N3. The normalized spacial score (nSPS) is 24.7. The zero-order chi connectivity index (χ0) is 14.8. The number of nitrogens with zero attached hydrogens (tertiary/aromatic N) is 2. The lowest BCUT2D eigenvalue weighted by Crippen LogP contribution is -2.41. The Bertz CT molecular complexity index is 483. The Morgan fingerprint density at radius 2 is 2.14 bits per heavy atom. The van der Waals surface area contributed by atoms with Crippen LogP contribution in [0.15, 0.2) is 18.2 Å². The van der Waals surface area contributed by atoms with Crippen molar-refractivity contribution in [2.45, 2.75) is 45.2 Å². The third-order valence-corrected chi connectivity index (χ3v) is 5.19. The van der Waals surface area contributed by atoms with E-state index in [1.54, 1.807) is 0 Å². The number of piperidine rings is 1. The van der Waals surface area contributed by atoms with E-state index < -0.39 is 0 Å². The predicted octanol–water partition coefficient (Wildman–Crippen LogP) is 2.63. The lowest BCUT2D eigenvalue weighted by molar-refractivity contribution is 0.154. The molecule has 0 saturated carbocycles. The van der Waals surface area contributed by atoms with E-state index in [0.29, 0.717) is 12.0 Å². The molecule has 2 atom stereocenters. The maximum absolute atomic E-state index is 6.10. The van der Waals surface area contributed by atoms with E-state index >= 15 is 0 Å². The van der Waals surface area contributed by atoms with Crippen LogP contribution in [0.1, 0.15) is 37.3 Å². The van der Waals surface area contributed by atoms with E-state index in [0.717, 1.165) is 13.1 Å². The van der Waals surface area contributed by atoms with Crippen LogP contribution >= 0.6 is 0 Å². The predicted molar refractivity (Wildman–Crippen MR) is 89.7 cm³/mol. The minimum Gasteiger partial charge on any atom is -0.374 e. The highest BCUT2D eigenvalue weighted by molar-refractivity contribution is 5.56. The standard InChI is InChI=1S/C18H29N3/c1-14(19)17-6-4-10-21(13-17)12-15-7-8-18-16(11-15)5-3-9-20(18)2/h7-8,11,14,17H,3-6,9-10,12-13,19H2,1-2H3. The van der Waals surface area contributed by atoms with E-state index in [4.69, 9.17) is 5.73 Å². The monoisotopic (exact) mass is 287 g/mol. The highest BCUT2D eigenvalue weighted by Gasteiger charge is 2.23. The van der Waals surface area contributed by atoms with Crippen LogP contribution in [0.5, 0.6) is 0 Å². The van der Waals surface area contributed by atoms with Crippen molar-refractivity contribution in [2.24, 2.45) is 11.7 Å². The molecule has 3 heteroatoms. The zero-order valence-electron chi connectivity index (χ0n) is 13.5. The lowest BCUT2D eigenvalue weighted by Gasteiger charge is -2.35. The Morgan fingerprint density at radius 3 is 2.95 bits per heavy atom. The number of benzene rings is 1. The van der Waals surface area contributed by atoms with Crippen LogP contribution in [0.25, 0.3) is 0 Å². The molecule has 2 heterocycles. The molecule has 2 N–H and O–H groups in total. The Labute approximate surface area is 129 Å². The van der Waals surface area contributed by atoms with Crippen LogP contribution in [0.3, 0.4) is 0 Å². The first-order chi connectivity index (χ1) is 10.1. The molecule has 0 radical (unpaired) electrons. The molecule has 21 heavy (non-hydrogen) atoms. The molecule has 3 rings (SSSR count). The van der Waals surface area contributed by atoms with Gasteiger partial charge in [0.25, 0.3) is 0 Å². The van der Waals surface area contributed by atoms with Crippen molar-refractivity contribution >= 4 is 5.69 Å². The first kappa shape index (κ1) is 14.9. The highest BCUT2D eigenvalue weighted by atomic mass is 15.1. The number of hydrogen-bond acceptors (Lipinski definition) is 3. The lowest BCUT2D eigenvalue weighted by atomic mass is 9.91. The average Bonchev–Trinajstić information content (AvgIpc) is 2.47. The maximum atomic E-state index is 6.10. The summed E-state index contributed by atoms with van der Waals surface area (Å²) < 4.78 is 0. The van der Waals surface area contributed by atoms with Crippen molar-refractivity contribution in [3.05, 3.63) is 29.3 Å². The molecule has 116 valence electrons. The van der Waals surface area contributed by atoms with Gasteiger partial charge in [0.15, 0.2) is 0 Å². The van der Waals surface area contributed by atoms with E-state index in [1.807, 2.05) is 0 Å². The van der Waals surface area contributed by atoms with Crippen molar-refractivity contribution in [3.8, 4) is 0 Å². The molecule has 1 aromatic carbocycles. The van der Waals surface area contributed by atoms with Crippen LogP contribution < -0.4 is 10.6 Å². The molecule has 1 fully saturated rings. The Kier molecular flexibility index (Phi) is 4.51. The number of anilines is 1. The van der Waals surface area contributed by atoms with Gasteiger partial charge in [0.05, 0.1) is 0 Å². The molecule has 2 aliphatic heterocycles. The molecular weight excluding hydrogens is 258 g/mol. The van der Waals surface area contributed by atoms with Crippen LogP contribution in [-0.2, 0) is 13.0 Å². The Morgan fingerprint density at radius 1 is 1.29 bits per heavy atom. The topological polar surface area (TPSA) is 32.5 Å². The number of fused-ring (bicyclic) bond motifs is 1. The third kappa shape index (κ3) is 3.41. The summed E-state index contributed by atoms with van der Waals surface area (Å²) in [5.41, 5.74) is 10.5. The van der Waals surface area contributed by atoms with Gasteiger partial charge in [-0.15, -0.1) is 0 Å². The third-order valence-electron chi connectivity index (χ3n) is 5.19. The number of rotatable bonds is 3. The van der Waals surface area contributed by atoms with Gasteiger partial charge in [0.1, 0.15) is 0 Å². The summed E-state index contributed by atoms with van der Waals surface area (Å²) in [5, 5.41) is 0. The molecule has 0 spiro atoms. The quantitative estimate of drug-likeness (QED) is 0.927. The molecule has 2 unspecified atom stereocenters. The molecule has 0 bridgehead atoms. The minimum absolute atomic E-state index is 0.324. The summed E-state index contributed by atoms with van der Waals surface area (Å²) in [5.74, 6) is 0.669. The molecule has 2 aliphatic rings. The van der Waals surface area contributed by atoms with E-state index in [2.05, 4.69) is 42.0 Å². The van der Waals surface area contributed by atoms with Crippen LogP contribution in [0.4, 0.5) is 5.69 Å². The number of likely N-dealkylation sites (tertiary alicyclic amines) is 1. The van der Waals surface area contributed by atoms with Crippen molar-refractivity contribution in [2.75, 3.05) is 31.6 Å². The molecule has 3 nitrogen and oxygen atoms in total. The Hall–Kier alpha value is -1.06. The van der Waals surface area contributed by atoms with Crippen molar-refractivity contribution < 1.29 is 0 Å². The molecule has 0 aromatic heterocycles. The second-order valence-corrected chi connectivity index (χ2v) is 6.98. The fourth-order valence-electron chi connectivity index (χ4n) is 3.86. The fraction of sp³-hybridized carbons (Fsp3) is 0.667. The number of nitrogens with two attached hydrogens (primary N) is 1. The van der Waals surface area contributed by atoms with E-state index in [9.17, 15) is 0 Å². The van der Waals surface area contributed by atoms with Gasteiger partial charge < -0.3 is 10.6 Å². The molecule has 1 saturated heterocycles. The zero-order valence-corrected chi connectivity index (χ0v) is 13.5. The second-order valence-electron chi connectivity index (χ2n) is 6.98. The first-order valence-electron chi connectivity index (χ1n) is 8.44. The van der Waals surface area contributed by atoms with E-state index in [-0.39, 0.29) is 0 Å². The Balaban J connectivity index is 1.68. The number of aryl methyl sites for hydroxylation is 1. The van der Waals surface area contributed by atoms with Crippen molar-refractivity contribution in [3.63, 3.8) is 0 Å². The summed E-state index contributed by atoms with van der Waals surface area (Å²) in [4.78, 5) is 4.97. The maximum Gasteiger partial charge on any atom is 0.0396 e. The summed E-state index contributed by atoms with van der Waals surface area (Å²) in [6.07, 6.45) is 5.10. The van der Waals surface area contributed by atoms with Crippen LogP contribution in [-0.4, -0.2) is 37.6 Å². The smallest absolute Gasteiger partial charge is 0.0396 e. The van der Waals surface area contributed by atoms with Gasteiger partial charge in [-0.2, -0.15) is 0 Å². The SMILES string of the molecule is CC(N)C1CCCN(Cc2ccc3c(c2)CCCN3C)C1. The molecule has 0 amide bonds. The number of hydrogen-bond donors (Lipinski definition) is 1. The largest absolute Gasteiger partial charge is 0.374 e. The van der Waals surface area contributed by atoms with Gasteiger partial charge in [0, 0.05) is 38.4 Å². The fourth-order valence-corrected chi connectivity index (χ4v) is 3.86. The molecule has 1 aromatic rings. The average molecular weight is 287 g/mol. The van der Waals surface area contributed by atoms with Gasteiger partial charge in [0.2, 0.25) is 0 Å². The molecule has 0 aliphatic carbocycles. The summed E-state index contributed by atoms with van der Waals surface area (Å²) in [6, 6.07) is 7.39. The van der Waals surface area contributed by atoms with Gasteiger partial charge in [-0.3, -0.25) is 4.90 Å². The summed E-state index contributed by atoms with van der Waals surface area (Å²) >= 11 is 0. The van der Waals surface area contributed by atoms with E-state index in [1.165, 1.54) is 55.6 Å². The second kappa shape index (κ2) is 6.37.